The minimum atomic E-state index is -0.901. The molecule has 1 atom stereocenters. The number of aromatic nitrogens is 2. The van der Waals surface area contributed by atoms with Gasteiger partial charge in [-0.05, 0) is 11.6 Å². The maximum atomic E-state index is 12.4. The van der Waals surface area contributed by atoms with Gasteiger partial charge >= 0.3 is 0 Å². The van der Waals surface area contributed by atoms with Crippen LogP contribution >= 0.6 is 0 Å². The van der Waals surface area contributed by atoms with E-state index in [0.717, 1.165) is 5.56 Å². The van der Waals surface area contributed by atoms with Crippen LogP contribution in [0, 0.1) is 0 Å². The zero-order valence-corrected chi connectivity index (χ0v) is 12.8. The van der Waals surface area contributed by atoms with Crippen molar-refractivity contribution in [2.45, 2.75) is 6.04 Å². The summed E-state index contributed by atoms with van der Waals surface area (Å²) in [6, 6.07) is 19.1. The monoisotopic (exact) mass is 320 g/mol. The predicted octanol–water partition coefficient (Wildman–Crippen LogP) is 2.03. The highest BCUT2D eigenvalue weighted by Crippen LogP contribution is 2.18. The molecule has 6 nitrogen and oxygen atoms in total. The molecule has 0 aliphatic rings. The van der Waals surface area contributed by atoms with Crippen LogP contribution in [0.3, 0.4) is 0 Å². The first-order chi connectivity index (χ1) is 11.6. The van der Waals surface area contributed by atoms with E-state index in [2.05, 4.69) is 15.5 Å². The van der Waals surface area contributed by atoms with Crippen molar-refractivity contribution in [3.8, 4) is 11.3 Å². The Morgan fingerprint density at radius 1 is 1.00 bits per heavy atom. The van der Waals surface area contributed by atoms with Gasteiger partial charge in [-0.3, -0.25) is 14.7 Å². The molecule has 0 aliphatic carbocycles. The fourth-order valence-electron chi connectivity index (χ4n) is 2.37. The summed E-state index contributed by atoms with van der Waals surface area (Å²) >= 11 is 0. The van der Waals surface area contributed by atoms with E-state index in [9.17, 15) is 9.59 Å². The number of nitrogens with two attached hydrogens (primary N) is 1. The molecule has 0 aliphatic heterocycles. The van der Waals surface area contributed by atoms with E-state index in [4.69, 9.17) is 5.73 Å². The lowest BCUT2D eigenvalue weighted by atomic mass is 10.1. The first-order valence-corrected chi connectivity index (χ1v) is 7.41. The van der Waals surface area contributed by atoms with Crippen molar-refractivity contribution in [2.75, 3.05) is 0 Å². The lowest BCUT2D eigenvalue weighted by Crippen LogP contribution is -2.37. The fourth-order valence-corrected chi connectivity index (χ4v) is 2.37. The van der Waals surface area contributed by atoms with E-state index in [1.165, 1.54) is 0 Å². The topological polar surface area (TPSA) is 101 Å². The highest BCUT2D eigenvalue weighted by atomic mass is 16.2. The van der Waals surface area contributed by atoms with Gasteiger partial charge in [0.25, 0.3) is 5.91 Å². The van der Waals surface area contributed by atoms with Crippen LogP contribution in [0.15, 0.2) is 66.7 Å². The standard InChI is InChI=1S/C18H16N4O2/c19-17(23)16(13-9-5-2-6-10-13)20-18(24)15-11-14(21-22-15)12-7-3-1-4-8-12/h1-11,16H,(H2,19,23)(H,20,24)(H,21,22). The lowest BCUT2D eigenvalue weighted by Gasteiger charge is -2.15. The van der Waals surface area contributed by atoms with Crippen LogP contribution in [0.25, 0.3) is 11.3 Å². The molecule has 1 unspecified atom stereocenters. The summed E-state index contributed by atoms with van der Waals surface area (Å²) in [6.07, 6.45) is 0. The Labute approximate surface area is 138 Å². The molecular weight excluding hydrogens is 304 g/mol. The molecule has 6 heteroatoms. The minimum absolute atomic E-state index is 0.260. The average molecular weight is 320 g/mol. The Balaban J connectivity index is 1.79. The second-order valence-corrected chi connectivity index (χ2v) is 5.25. The van der Waals surface area contributed by atoms with Gasteiger partial charge in [0.15, 0.2) is 0 Å². The highest BCUT2D eigenvalue weighted by molar-refractivity contribution is 5.96. The number of amides is 2. The Kier molecular flexibility index (Phi) is 4.38. The fraction of sp³-hybridized carbons (Fsp3) is 0.0556. The van der Waals surface area contributed by atoms with Crippen LogP contribution in [0.2, 0.25) is 0 Å². The van der Waals surface area contributed by atoms with Crippen molar-refractivity contribution in [3.63, 3.8) is 0 Å². The van der Waals surface area contributed by atoms with E-state index < -0.39 is 17.9 Å². The Morgan fingerprint density at radius 2 is 1.62 bits per heavy atom. The van der Waals surface area contributed by atoms with E-state index in [1.54, 1.807) is 30.3 Å². The first kappa shape index (κ1) is 15.5. The average Bonchev–Trinajstić information content (AvgIpc) is 3.11. The lowest BCUT2D eigenvalue weighted by molar-refractivity contribution is -0.120. The van der Waals surface area contributed by atoms with Gasteiger partial charge in [0, 0.05) is 5.56 Å². The zero-order valence-electron chi connectivity index (χ0n) is 12.8. The second-order valence-electron chi connectivity index (χ2n) is 5.25. The van der Waals surface area contributed by atoms with E-state index in [1.807, 2.05) is 36.4 Å². The number of rotatable bonds is 5. The minimum Gasteiger partial charge on any atom is -0.368 e. The maximum absolute atomic E-state index is 12.4. The van der Waals surface area contributed by atoms with Crippen molar-refractivity contribution in [3.05, 3.63) is 78.0 Å². The van der Waals surface area contributed by atoms with Gasteiger partial charge < -0.3 is 11.1 Å². The van der Waals surface area contributed by atoms with E-state index >= 15 is 0 Å². The molecule has 0 fully saturated rings. The van der Waals surface area contributed by atoms with E-state index in [-0.39, 0.29) is 5.69 Å². The molecule has 4 N–H and O–H groups in total. The number of primary amides is 1. The zero-order chi connectivity index (χ0) is 16.9. The summed E-state index contributed by atoms with van der Waals surface area (Å²) in [5.41, 5.74) is 7.84. The molecular formula is C18H16N4O2. The van der Waals surface area contributed by atoms with Crippen molar-refractivity contribution >= 4 is 11.8 Å². The molecule has 0 bridgehead atoms. The number of carbonyl (C=O) groups is 2. The number of benzene rings is 2. The van der Waals surface area contributed by atoms with Crippen LogP contribution in [-0.4, -0.2) is 22.0 Å². The van der Waals surface area contributed by atoms with Gasteiger partial charge in [-0.1, -0.05) is 60.7 Å². The summed E-state index contributed by atoms with van der Waals surface area (Å²) in [4.78, 5) is 24.1. The van der Waals surface area contributed by atoms with Crippen molar-refractivity contribution in [1.82, 2.24) is 15.5 Å². The summed E-state index contributed by atoms with van der Waals surface area (Å²) in [5, 5.41) is 9.45. The van der Waals surface area contributed by atoms with Gasteiger partial charge in [0.05, 0.1) is 5.69 Å². The molecule has 0 saturated heterocycles. The van der Waals surface area contributed by atoms with Gasteiger partial charge in [-0.15, -0.1) is 0 Å². The molecule has 0 spiro atoms. The normalized spacial score (nSPS) is 11.7. The van der Waals surface area contributed by atoms with Crippen LogP contribution in [0.4, 0.5) is 0 Å². The van der Waals surface area contributed by atoms with Crippen molar-refractivity contribution in [1.29, 1.82) is 0 Å². The summed E-state index contributed by atoms with van der Waals surface area (Å²) < 4.78 is 0. The van der Waals surface area contributed by atoms with Crippen molar-refractivity contribution in [2.24, 2.45) is 5.73 Å². The molecule has 1 heterocycles. The summed E-state index contributed by atoms with van der Waals surface area (Å²) in [7, 11) is 0. The third-order valence-corrected chi connectivity index (χ3v) is 3.58. The molecule has 1 aromatic heterocycles. The number of aromatic amines is 1. The van der Waals surface area contributed by atoms with Crippen molar-refractivity contribution < 1.29 is 9.59 Å². The third kappa shape index (κ3) is 3.33. The number of H-pyrrole nitrogens is 1. The molecule has 24 heavy (non-hydrogen) atoms. The molecule has 3 aromatic rings. The number of hydrogen-bond acceptors (Lipinski definition) is 3. The van der Waals surface area contributed by atoms with E-state index in [0.29, 0.717) is 11.3 Å². The number of nitrogens with one attached hydrogen (secondary N) is 2. The summed E-state index contributed by atoms with van der Waals surface area (Å²) in [5.74, 6) is -1.07. The van der Waals surface area contributed by atoms with Crippen LogP contribution < -0.4 is 11.1 Å². The highest BCUT2D eigenvalue weighted by Gasteiger charge is 2.21. The maximum Gasteiger partial charge on any atom is 0.270 e. The first-order valence-electron chi connectivity index (χ1n) is 7.41. The molecule has 2 aromatic carbocycles. The Hall–Kier alpha value is -3.41. The van der Waals surface area contributed by atoms with Gasteiger partial charge in [0.2, 0.25) is 5.91 Å². The molecule has 3 rings (SSSR count). The predicted molar refractivity (Wildman–Crippen MR) is 89.9 cm³/mol. The SMILES string of the molecule is NC(=O)C(NC(=O)c1cc(-c2ccccc2)n[nH]1)c1ccccc1. The second kappa shape index (κ2) is 6.78. The molecule has 0 saturated carbocycles. The molecule has 0 radical (unpaired) electrons. The number of carbonyl (C=O) groups excluding carboxylic acids is 2. The van der Waals surface area contributed by atoms with Crippen LogP contribution in [0.1, 0.15) is 22.1 Å². The van der Waals surface area contributed by atoms with Gasteiger partial charge in [-0.25, -0.2) is 0 Å². The largest absolute Gasteiger partial charge is 0.368 e. The van der Waals surface area contributed by atoms with Gasteiger partial charge in [-0.2, -0.15) is 5.10 Å². The summed E-state index contributed by atoms with van der Waals surface area (Å²) in [6.45, 7) is 0. The van der Waals surface area contributed by atoms with Crippen LogP contribution in [-0.2, 0) is 4.79 Å². The number of hydrogen-bond donors (Lipinski definition) is 3. The van der Waals surface area contributed by atoms with Gasteiger partial charge in [0.1, 0.15) is 11.7 Å². The Morgan fingerprint density at radius 3 is 2.25 bits per heavy atom. The Bertz CT molecular complexity index is 844. The quantitative estimate of drug-likeness (QED) is 0.670. The smallest absolute Gasteiger partial charge is 0.270 e. The molecule has 2 amide bonds. The molecule has 120 valence electrons. The third-order valence-electron chi connectivity index (χ3n) is 3.58. The number of nitrogens with zero attached hydrogens (tertiary/aromatic N) is 1. The van der Waals surface area contributed by atoms with Crippen LogP contribution in [0.5, 0.6) is 0 Å².